The molecule has 7 nitrogen and oxygen atoms in total. The molecule has 0 aliphatic carbocycles. The second-order valence-corrected chi connectivity index (χ2v) is 5.22. The van der Waals surface area contributed by atoms with E-state index in [-0.39, 0.29) is 11.4 Å². The number of amides is 1. The van der Waals surface area contributed by atoms with Crippen LogP contribution in [0.3, 0.4) is 0 Å². The lowest BCUT2D eigenvalue weighted by Crippen LogP contribution is -2.23. The molecular formula is C21H28N4O3. The number of carbonyl (C=O) groups is 1. The van der Waals surface area contributed by atoms with Crippen LogP contribution in [-0.2, 0) is 0 Å². The predicted octanol–water partition coefficient (Wildman–Crippen LogP) is 4.74. The second kappa shape index (κ2) is 14.8. The number of nitrogens with zero attached hydrogens (tertiary/aromatic N) is 3. The first kappa shape index (κ1) is 24.7. The third-order valence-corrected chi connectivity index (χ3v) is 3.09. The Hall–Kier alpha value is -3.35. The molecule has 0 saturated heterocycles. The van der Waals surface area contributed by atoms with E-state index in [2.05, 4.69) is 34.3 Å². The number of pyridine rings is 1. The molecular weight excluding hydrogens is 356 g/mol. The molecule has 7 heteroatoms. The monoisotopic (exact) mass is 384 g/mol. The van der Waals surface area contributed by atoms with E-state index in [0.29, 0.717) is 5.70 Å². The van der Waals surface area contributed by atoms with Crippen LogP contribution in [0.25, 0.3) is 0 Å². The fourth-order valence-electron chi connectivity index (χ4n) is 1.89. The summed E-state index contributed by atoms with van der Waals surface area (Å²) in [6.07, 6.45) is 5.26. The van der Waals surface area contributed by atoms with Gasteiger partial charge in [0.1, 0.15) is 6.20 Å². The minimum atomic E-state index is -0.646. The maximum absolute atomic E-state index is 11.9. The first-order chi connectivity index (χ1) is 13.5. The molecule has 0 aliphatic heterocycles. The third-order valence-electron chi connectivity index (χ3n) is 3.09. The summed E-state index contributed by atoms with van der Waals surface area (Å²) in [6.45, 7) is 8.01. The highest BCUT2D eigenvalue weighted by molar-refractivity contribution is 5.99. The van der Waals surface area contributed by atoms with E-state index < -0.39 is 10.8 Å². The van der Waals surface area contributed by atoms with Crippen molar-refractivity contribution in [2.45, 2.75) is 34.1 Å². The van der Waals surface area contributed by atoms with Gasteiger partial charge in [0, 0.05) is 19.3 Å². The minimum Gasteiger partial charge on any atom is -0.358 e. The molecule has 0 bridgehead atoms. The van der Waals surface area contributed by atoms with Gasteiger partial charge >= 0.3 is 5.82 Å². The van der Waals surface area contributed by atoms with Crippen molar-refractivity contribution in [1.29, 1.82) is 0 Å². The lowest BCUT2D eigenvalue weighted by atomic mass is 10.2. The molecule has 0 spiro atoms. The number of nitrogens with one attached hydrogen (secondary N) is 1. The van der Waals surface area contributed by atoms with Crippen molar-refractivity contribution in [3.63, 3.8) is 0 Å². The molecule has 1 aromatic heterocycles. The van der Waals surface area contributed by atoms with Gasteiger partial charge in [-0.2, -0.15) is 0 Å². The Morgan fingerprint density at radius 3 is 2.36 bits per heavy atom. The summed E-state index contributed by atoms with van der Waals surface area (Å²) in [6, 6.07) is 12.8. The number of carbonyl (C=O) groups excluding carboxylic acids is 1. The number of hydrogen-bond acceptors (Lipinski definition) is 5. The third kappa shape index (κ3) is 9.96. The number of aryl methyl sites for hydroxylation is 1. The highest BCUT2D eigenvalue weighted by Gasteiger charge is 2.13. The molecule has 2 rings (SSSR count). The van der Waals surface area contributed by atoms with Crippen LogP contribution in [0.1, 0.15) is 43.1 Å². The Labute approximate surface area is 166 Å². The van der Waals surface area contributed by atoms with Crippen molar-refractivity contribution in [2.24, 2.45) is 4.99 Å². The Bertz CT molecular complexity index is 787. The van der Waals surface area contributed by atoms with Crippen LogP contribution in [0.2, 0.25) is 0 Å². The van der Waals surface area contributed by atoms with E-state index in [1.54, 1.807) is 13.1 Å². The topological polar surface area (TPSA) is 97.5 Å². The molecule has 1 amide bonds. The highest BCUT2D eigenvalue weighted by Crippen LogP contribution is 2.09. The fourth-order valence-corrected chi connectivity index (χ4v) is 1.89. The highest BCUT2D eigenvalue weighted by atomic mass is 16.6. The second-order valence-electron chi connectivity index (χ2n) is 5.22. The van der Waals surface area contributed by atoms with Crippen molar-refractivity contribution in [3.05, 3.63) is 81.7 Å². The summed E-state index contributed by atoms with van der Waals surface area (Å²) in [4.78, 5) is 29.2. The summed E-state index contributed by atoms with van der Waals surface area (Å²) in [7, 11) is 1.59. The van der Waals surface area contributed by atoms with E-state index >= 15 is 0 Å². The minimum absolute atomic E-state index is 0.174. The maximum Gasteiger partial charge on any atom is 0.364 e. The van der Waals surface area contributed by atoms with Gasteiger partial charge in [-0.15, -0.1) is 0 Å². The zero-order valence-electron chi connectivity index (χ0n) is 17.0. The normalized spacial score (nSPS) is 10.2. The first-order valence-electron chi connectivity index (χ1n) is 9.03. The predicted molar refractivity (Wildman–Crippen MR) is 114 cm³/mol. The Balaban J connectivity index is 0.000000670. The number of nitro groups is 1. The van der Waals surface area contributed by atoms with Crippen LogP contribution in [0.15, 0.2) is 65.4 Å². The van der Waals surface area contributed by atoms with Gasteiger partial charge < -0.3 is 15.4 Å². The van der Waals surface area contributed by atoms with Crippen molar-refractivity contribution in [2.75, 3.05) is 7.05 Å². The van der Waals surface area contributed by atoms with Gasteiger partial charge in [-0.25, -0.2) is 0 Å². The molecule has 1 N–H and O–H groups in total. The number of aromatic nitrogens is 1. The van der Waals surface area contributed by atoms with Crippen molar-refractivity contribution < 1.29 is 9.72 Å². The Morgan fingerprint density at radius 1 is 1.25 bits per heavy atom. The Kier molecular flexibility index (Phi) is 13.0. The lowest BCUT2D eigenvalue weighted by molar-refractivity contribution is -0.389. The number of hydrogen-bond donors (Lipinski definition) is 1. The van der Waals surface area contributed by atoms with Gasteiger partial charge in [-0.05, 0) is 29.3 Å². The quantitative estimate of drug-likeness (QED) is 0.457. The van der Waals surface area contributed by atoms with Crippen LogP contribution >= 0.6 is 0 Å². The van der Waals surface area contributed by atoms with E-state index in [4.69, 9.17) is 0 Å². The van der Waals surface area contributed by atoms with Gasteiger partial charge in [-0.1, -0.05) is 62.7 Å². The molecule has 0 aliphatic rings. The molecule has 0 fully saturated rings. The van der Waals surface area contributed by atoms with E-state index in [1.165, 1.54) is 24.0 Å². The first-order valence-corrected chi connectivity index (χ1v) is 9.03. The van der Waals surface area contributed by atoms with Crippen LogP contribution in [0, 0.1) is 17.0 Å². The standard InChI is InChI=1S/C12H14N4O3.C7H8.C2H6/c1-3-4-10(8-13-2)15-12(17)9-5-6-14-11(7-9)16(18)19;1-7-5-3-2-4-6-7;1-2/h4-8H,3H2,1-2H3,(H,15,17);2-6H,1H3;1-2H3/b10-4+,13-8?;;. The average Bonchev–Trinajstić information content (AvgIpc) is 2.71. The smallest absolute Gasteiger partial charge is 0.358 e. The maximum atomic E-state index is 11.9. The van der Waals surface area contributed by atoms with Gasteiger partial charge in [0.2, 0.25) is 0 Å². The number of aliphatic imine (C=N–C) groups is 1. The van der Waals surface area contributed by atoms with Crippen LogP contribution in [0.5, 0.6) is 0 Å². The summed E-state index contributed by atoms with van der Waals surface area (Å²) >= 11 is 0. The molecule has 0 atom stereocenters. The summed E-state index contributed by atoms with van der Waals surface area (Å²) in [5.74, 6) is -0.803. The van der Waals surface area contributed by atoms with Crippen molar-refractivity contribution in [3.8, 4) is 0 Å². The van der Waals surface area contributed by atoms with Gasteiger partial charge in [-0.3, -0.25) is 9.79 Å². The van der Waals surface area contributed by atoms with Crippen molar-refractivity contribution in [1.82, 2.24) is 10.3 Å². The summed E-state index contributed by atoms with van der Waals surface area (Å²) in [5, 5.41) is 13.2. The SMILES string of the molecule is CC.CC/C=C(\C=NC)NC(=O)c1ccnc([N+](=O)[O-])c1.Cc1ccccc1. The molecule has 0 saturated carbocycles. The number of benzene rings is 1. The van der Waals surface area contributed by atoms with E-state index in [0.717, 1.165) is 12.5 Å². The molecule has 0 radical (unpaired) electrons. The Morgan fingerprint density at radius 2 is 1.89 bits per heavy atom. The average molecular weight is 384 g/mol. The fraction of sp³-hybridized carbons (Fsp3) is 0.286. The van der Waals surface area contributed by atoms with Gasteiger partial charge in [0.05, 0.1) is 11.3 Å². The zero-order valence-corrected chi connectivity index (χ0v) is 17.0. The molecule has 0 unspecified atom stereocenters. The van der Waals surface area contributed by atoms with Crippen molar-refractivity contribution >= 4 is 17.9 Å². The summed E-state index contributed by atoms with van der Waals surface area (Å²) in [5.41, 5.74) is 2.05. The van der Waals surface area contributed by atoms with Crippen LogP contribution in [0.4, 0.5) is 5.82 Å². The van der Waals surface area contributed by atoms with E-state index in [1.807, 2.05) is 39.0 Å². The summed E-state index contributed by atoms with van der Waals surface area (Å²) < 4.78 is 0. The molecule has 1 heterocycles. The molecule has 150 valence electrons. The number of rotatable bonds is 5. The lowest BCUT2D eigenvalue weighted by Gasteiger charge is -2.05. The largest absolute Gasteiger partial charge is 0.364 e. The van der Waals surface area contributed by atoms with Gasteiger partial charge in [0.25, 0.3) is 5.91 Å². The number of allylic oxidation sites excluding steroid dienone is 2. The zero-order chi connectivity index (χ0) is 21.4. The van der Waals surface area contributed by atoms with Crippen LogP contribution in [-0.4, -0.2) is 29.1 Å². The van der Waals surface area contributed by atoms with Crippen LogP contribution < -0.4 is 5.32 Å². The van der Waals surface area contributed by atoms with Gasteiger partial charge in [0.15, 0.2) is 0 Å². The molecule has 28 heavy (non-hydrogen) atoms. The molecule has 1 aromatic carbocycles. The molecule has 2 aromatic rings. The van der Waals surface area contributed by atoms with E-state index in [9.17, 15) is 14.9 Å².